The van der Waals surface area contributed by atoms with Gasteiger partial charge in [0.2, 0.25) is 0 Å². The maximum Gasteiger partial charge on any atom is 0.314 e. The number of nitro groups is 1. The zero-order chi connectivity index (χ0) is 16.6. The molecule has 2 aromatic rings. The van der Waals surface area contributed by atoms with E-state index in [-0.39, 0.29) is 17.1 Å². The van der Waals surface area contributed by atoms with Crippen LogP contribution in [0.5, 0.6) is 0 Å². The van der Waals surface area contributed by atoms with Crippen LogP contribution < -0.4 is 5.01 Å². The van der Waals surface area contributed by atoms with Gasteiger partial charge in [0.1, 0.15) is 5.71 Å². The highest BCUT2D eigenvalue weighted by molar-refractivity contribution is 6.25. The highest BCUT2D eigenvalue weighted by atomic mass is 16.6. The van der Waals surface area contributed by atoms with Gasteiger partial charge >= 0.3 is 5.91 Å². The molecule has 1 heterocycles. The van der Waals surface area contributed by atoms with E-state index in [9.17, 15) is 25.1 Å². The first-order chi connectivity index (χ1) is 10.9. The van der Waals surface area contributed by atoms with E-state index < -0.39 is 16.6 Å². The largest absolute Gasteiger partial charge is 0.353 e. The van der Waals surface area contributed by atoms with Gasteiger partial charge < -0.3 is 10.2 Å². The van der Waals surface area contributed by atoms with Crippen LogP contribution in [-0.4, -0.2) is 32.5 Å². The summed E-state index contributed by atoms with van der Waals surface area (Å²) in [5.41, 5.74) is 0.225. The molecule has 0 unspecified atom stereocenters. The fraction of sp³-hybridized carbons (Fsp3) is 0.0667. The van der Waals surface area contributed by atoms with Gasteiger partial charge in [-0.05, 0) is 12.1 Å². The minimum atomic E-state index is -2.76. The van der Waals surface area contributed by atoms with Gasteiger partial charge in [-0.1, -0.05) is 30.3 Å². The van der Waals surface area contributed by atoms with E-state index in [1.807, 2.05) is 0 Å². The van der Waals surface area contributed by atoms with E-state index >= 15 is 0 Å². The number of carbonyl (C=O) groups is 1. The normalized spacial score (nSPS) is 16.3. The fourth-order valence-corrected chi connectivity index (χ4v) is 2.21. The molecule has 2 N–H and O–H groups in total. The average Bonchev–Trinajstić information content (AvgIpc) is 2.79. The molecule has 0 spiro atoms. The highest BCUT2D eigenvalue weighted by Gasteiger charge is 2.49. The van der Waals surface area contributed by atoms with Crippen LogP contribution in [0.25, 0.3) is 0 Å². The van der Waals surface area contributed by atoms with Crippen LogP contribution in [-0.2, 0) is 4.79 Å². The number of carbonyl (C=O) groups excluding carboxylic acids is 1. The summed E-state index contributed by atoms with van der Waals surface area (Å²) in [5.74, 6) is -3.81. The Labute approximate surface area is 130 Å². The first-order valence-corrected chi connectivity index (χ1v) is 6.59. The third kappa shape index (κ3) is 2.45. The third-order valence-corrected chi connectivity index (χ3v) is 3.37. The molecular weight excluding hydrogens is 302 g/mol. The summed E-state index contributed by atoms with van der Waals surface area (Å²) in [7, 11) is 0. The van der Waals surface area contributed by atoms with Crippen molar-refractivity contribution in [1.29, 1.82) is 0 Å². The second-order valence-corrected chi connectivity index (χ2v) is 4.88. The monoisotopic (exact) mass is 313 g/mol. The van der Waals surface area contributed by atoms with Crippen LogP contribution >= 0.6 is 0 Å². The van der Waals surface area contributed by atoms with Crippen molar-refractivity contribution in [2.24, 2.45) is 5.10 Å². The zero-order valence-electron chi connectivity index (χ0n) is 11.7. The van der Waals surface area contributed by atoms with Gasteiger partial charge in [0, 0.05) is 17.7 Å². The standard InChI is InChI=1S/C15H11N3O5/c19-14-15(20,21)13(10-4-2-1-3-5-10)16-17(14)11-6-8-12(9-7-11)18(22)23/h1-9,20-21H. The minimum Gasteiger partial charge on any atom is -0.353 e. The van der Waals surface area contributed by atoms with Crippen molar-refractivity contribution in [3.05, 3.63) is 70.3 Å². The number of hydrazone groups is 1. The molecule has 116 valence electrons. The van der Waals surface area contributed by atoms with Crippen molar-refractivity contribution in [3.8, 4) is 0 Å². The van der Waals surface area contributed by atoms with Crippen LogP contribution in [0, 0.1) is 10.1 Å². The molecule has 3 rings (SSSR count). The first-order valence-electron chi connectivity index (χ1n) is 6.59. The summed E-state index contributed by atoms with van der Waals surface area (Å²) >= 11 is 0. The Morgan fingerprint density at radius 1 is 1.04 bits per heavy atom. The van der Waals surface area contributed by atoms with Crippen molar-refractivity contribution in [2.45, 2.75) is 5.79 Å². The Morgan fingerprint density at radius 3 is 2.22 bits per heavy atom. The number of non-ortho nitro benzene ring substituents is 1. The SMILES string of the molecule is O=C1N(c2ccc([N+](=O)[O-])cc2)N=C(c2ccccc2)C1(O)O. The smallest absolute Gasteiger partial charge is 0.314 e. The van der Waals surface area contributed by atoms with Crippen molar-refractivity contribution in [1.82, 2.24) is 0 Å². The van der Waals surface area contributed by atoms with E-state index in [1.165, 1.54) is 24.3 Å². The van der Waals surface area contributed by atoms with Crippen LogP contribution in [0.15, 0.2) is 59.7 Å². The summed E-state index contributed by atoms with van der Waals surface area (Å²) in [6.07, 6.45) is 0. The summed E-state index contributed by atoms with van der Waals surface area (Å²) < 4.78 is 0. The maximum absolute atomic E-state index is 12.2. The lowest BCUT2D eigenvalue weighted by atomic mass is 10.0. The Hall–Kier alpha value is -3.10. The molecule has 1 aliphatic heterocycles. The Balaban J connectivity index is 2.02. The van der Waals surface area contributed by atoms with Gasteiger partial charge in [-0.15, -0.1) is 0 Å². The molecule has 0 aliphatic carbocycles. The number of hydrogen-bond acceptors (Lipinski definition) is 6. The summed E-state index contributed by atoms with van der Waals surface area (Å²) in [6.45, 7) is 0. The van der Waals surface area contributed by atoms with E-state index in [0.717, 1.165) is 5.01 Å². The van der Waals surface area contributed by atoms with Crippen LogP contribution in [0.3, 0.4) is 0 Å². The molecule has 0 aromatic heterocycles. The molecule has 23 heavy (non-hydrogen) atoms. The molecule has 1 amide bonds. The lowest BCUT2D eigenvalue weighted by molar-refractivity contribution is -0.384. The van der Waals surface area contributed by atoms with E-state index in [1.54, 1.807) is 30.3 Å². The molecule has 2 aromatic carbocycles. The topological polar surface area (TPSA) is 116 Å². The molecule has 8 heteroatoms. The number of nitrogens with zero attached hydrogens (tertiary/aromatic N) is 3. The Kier molecular flexibility index (Phi) is 3.40. The number of benzene rings is 2. The van der Waals surface area contributed by atoms with Crippen LogP contribution in [0.2, 0.25) is 0 Å². The minimum absolute atomic E-state index is 0.146. The highest BCUT2D eigenvalue weighted by Crippen LogP contribution is 2.29. The Bertz CT molecular complexity index is 800. The van der Waals surface area contributed by atoms with Crippen LogP contribution in [0.4, 0.5) is 11.4 Å². The molecule has 0 radical (unpaired) electrons. The lowest BCUT2D eigenvalue weighted by Gasteiger charge is -2.16. The average molecular weight is 313 g/mol. The van der Waals surface area contributed by atoms with Gasteiger partial charge in [-0.2, -0.15) is 10.1 Å². The summed E-state index contributed by atoms with van der Waals surface area (Å²) in [6, 6.07) is 13.3. The van der Waals surface area contributed by atoms with Gasteiger partial charge in [0.15, 0.2) is 0 Å². The quantitative estimate of drug-likeness (QED) is 0.498. The second kappa shape index (κ2) is 5.27. The lowest BCUT2D eigenvalue weighted by Crippen LogP contribution is -2.46. The predicted molar refractivity (Wildman–Crippen MR) is 80.7 cm³/mol. The molecule has 1 aliphatic rings. The summed E-state index contributed by atoms with van der Waals surface area (Å²) in [5, 5.41) is 35.6. The zero-order valence-corrected chi connectivity index (χ0v) is 11.7. The van der Waals surface area contributed by atoms with Gasteiger partial charge in [0.05, 0.1) is 10.6 Å². The number of rotatable bonds is 3. The van der Waals surface area contributed by atoms with E-state index in [0.29, 0.717) is 5.56 Å². The first kappa shape index (κ1) is 14.8. The van der Waals surface area contributed by atoms with Crippen molar-refractivity contribution in [3.63, 3.8) is 0 Å². The van der Waals surface area contributed by atoms with Gasteiger partial charge in [0.25, 0.3) is 11.5 Å². The molecule has 0 bridgehead atoms. The predicted octanol–water partition coefficient (Wildman–Crippen LogP) is 1.03. The molecule has 0 fully saturated rings. The molecule has 0 saturated heterocycles. The molecule has 0 atom stereocenters. The van der Waals surface area contributed by atoms with E-state index in [2.05, 4.69) is 5.10 Å². The van der Waals surface area contributed by atoms with Crippen LogP contribution in [0.1, 0.15) is 5.56 Å². The van der Waals surface area contributed by atoms with Crippen molar-refractivity contribution >= 4 is 23.0 Å². The molecule has 0 saturated carbocycles. The third-order valence-electron chi connectivity index (χ3n) is 3.37. The molecule has 8 nitrogen and oxygen atoms in total. The maximum atomic E-state index is 12.2. The van der Waals surface area contributed by atoms with Crippen molar-refractivity contribution in [2.75, 3.05) is 5.01 Å². The van der Waals surface area contributed by atoms with Gasteiger partial charge in [-0.3, -0.25) is 14.9 Å². The van der Waals surface area contributed by atoms with Gasteiger partial charge in [-0.25, -0.2) is 0 Å². The summed E-state index contributed by atoms with van der Waals surface area (Å²) in [4.78, 5) is 22.3. The Morgan fingerprint density at radius 2 is 1.65 bits per heavy atom. The number of aliphatic hydroxyl groups is 2. The number of anilines is 1. The van der Waals surface area contributed by atoms with E-state index in [4.69, 9.17) is 0 Å². The fourth-order valence-electron chi connectivity index (χ4n) is 2.21. The second-order valence-electron chi connectivity index (χ2n) is 4.88. The number of hydrogen-bond donors (Lipinski definition) is 2. The molecular formula is C15H11N3O5. The number of amides is 1. The number of nitro benzene ring substituents is 1. The van der Waals surface area contributed by atoms with Crippen molar-refractivity contribution < 1.29 is 19.9 Å².